The second-order valence-electron chi connectivity index (χ2n) is 3.39. The second kappa shape index (κ2) is 5.95. The lowest BCUT2D eigenvalue weighted by molar-refractivity contribution is -0.120. The molecule has 5 heteroatoms. The fraction of sp³-hybridized carbons (Fsp3) is 0.889. The molecule has 2 unspecified atom stereocenters. The first-order valence-electron chi connectivity index (χ1n) is 4.90. The molecule has 1 amide bonds. The zero-order chi connectivity index (χ0) is 10.4. The lowest BCUT2D eigenvalue weighted by atomic mass is 10.2. The molecule has 1 aliphatic rings. The molecule has 2 atom stereocenters. The van der Waals surface area contributed by atoms with Crippen molar-refractivity contribution in [3.8, 4) is 0 Å². The highest BCUT2D eigenvalue weighted by atomic mass is 16.5. The van der Waals surface area contributed by atoms with Crippen LogP contribution < -0.4 is 11.1 Å². The number of hydrogen-bond donors (Lipinski definition) is 2. The van der Waals surface area contributed by atoms with Gasteiger partial charge in [0.05, 0.1) is 18.8 Å². The SMILES string of the molecule is CNC(CCOC1CCOC1)C(N)=O. The Morgan fingerprint density at radius 1 is 1.79 bits per heavy atom. The molecule has 0 aromatic rings. The van der Waals surface area contributed by atoms with Gasteiger partial charge in [-0.3, -0.25) is 4.79 Å². The van der Waals surface area contributed by atoms with Crippen molar-refractivity contribution in [2.24, 2.45) is 5.73 Å². The van der Waals surface area contributed by atoms with Gasteiger partial charge in [0.15, 0.2) is 0 Å². The Bertz CT molecular complexity index is 181. The standard InChI is InChI=1S/C9H18N2O3/c1-11-8(9(10)12)3-5-14-7-2-4-13-6-7/h7-8,11H,2-6H2,1H3,(H2,10,12). The number of nitrogens with one attached hydrogen (secondary N) is 1. The van der Waals surface area contributed by atoms with E-state index < -0.39 is 0 Å². The van der Waals surface area contributed by atoms with Gasteiger partial charge < -0.3 is 20.5 Å². The zero-order valence-corrected chi connectivity index (χ0v) is 8.49. The van der Waals surface area contributed by atoms with Gasteiger partial charge in [0.1, 0.15) is 0 Å². The molecule has 1 aliphatic heterocycles. The molecule has 1 heterocycles. The Kier molecular flexibility index (Phi) is 4.86. The van der Waals surface area contributed by atoms with Gasteiger partial charge in [0.2, 0.25) is 5.91 Å². The molecule has 0 spiro atoms. The van der Waals surface area contributed by atoms with Crippen LogP contribution in [0.5, 0.6) is 0 Å². The summed E-state index contributed by atoms with van der Waals surface area (Å²) in [5.74, 6) is -0.334. The first-order valence-corrected chi connectivity index (χ1v) is 4.90. The maximum atomic E-state index is 10.8. The van der Waals surface area contributed by atoms with Crippen molar-refractivity contribution < 1.29 is 14.3 Å². The van der Waals surface area contributed by atoms with E-state index >= 15 is 0 Å². The van der Waals surface area contributed by atoms with Gasteiger partial charge in [-0.15, -0.1) is 0 Å². The van der Waals surface area contributed by atoms with E-state index in [-0.39, 0.29) is 18.1 Å². The van der Waals surface area contributed by atoms with Gasteiger partial charge in [-0.1, -0.05) is 0 Å². The average Bonchev–Trinajstić information content (AvgIpc) is 2.64. The summed E-state index contributed by atoms with van der Waals surface area (Å²) in [6, 6.07) is -0.294. The Hall–Kier alpha value is -0.650. The molecule has 14 heavy (non-hydrogen) atoms. The smallest absolute Gasteiger partial charge is 0.234 e. The molecule has 0 saturated carbocycles. The second-order valence-corrected chi connectivity index (χ2v) is 3.39. The quantitative estimate of drug-likeness (QED) is 0.594. The van der Waals surface area contributed by atoms with Crippen molar-refractivity contribution in [3.05, 3.63) is 0 Å². The van der Waals surface area contributed by atoms with Crippen LogP contribution in [0.15, 0.2) is 0 Å². The molecule has 0 bridgehead atoms. The molecule has 0 aromatic heterocycles. The van der Waals surface area contributed by atoms with Crippen LogP contribution in [0, 0.1) is 0 Å². The lowest BCUT2D eigenvalue weighted by Crippen LogP contribution is -2.40. The highest BCUT2D eigenvalue weighted by molar-refractivity contribution is 5.79. The Morgan fingerprint density at radius 3 is 3.07 bits per heavy atom. The molecule has 0 aliphatic carbocycles. The van der Waals surface area contributed by atoms with E-state index in [1.165, 1.54) is 0 Å². The first-order chi connectivity index (χ1) is 6.74. The average molecular weight is 202 g/mol. The predicted octanol–water partition coefficient (Wildman–Crippen LogP) is -0.745. The number of rotatable bonds is 6. The summed E-state index contributed by atoms with van der Waals surface area (Å²) >= 11 is 0. The molecule has 1 rings (SSSR count). The Labute approximate surface area is 83.9 Å². The molecular formula is C9H18N2O3. The van der Waals surface area contributed by atoms with Crippen LogP contribution in [0.25, 0.3) is 0 Å². The normalized spacial score (nSPS) is 23.6. The fourth-order valence-electron chi connectivity index (χ4n) is 1.43. The molecule has 0 aromatic carbocycles. The van der Waals surface area contributed by atoms with Crippen LogP contribution in [0.4, 0.5) is 0 Å². The third kappa shape index (κ3) is 3.61. The zero-order valence-electron chi connectivity index (χ0n) is 8.49. The number of amides is 1. The summed E-state index contributed by atoms with van der Waals surface area (Å²) in [5.41, 5.74) is 5.16. The highest BCUT2D eigenvalue weighted by Crippen LogP contribution is 2.08. The van der Waals surface area contributed by atoms with E-state index in [2.05, 4.69) is 5.32 Å². The van der Waals surface area contributed by atoms with Crippen LogP contribution in [0.3, 0.4) is 0 Å². The number of primary amides is 1. The van der Waals surface area contributed by atoms with Crippen molar-refractivity contribution in [1.82, 2.24) is 5.32 Å². The first kappa shape index (κ1) is 11.4. The van der Waals surface area contributed by atoms with Crippen LogP contribution in [-0.2, 0) is 14.3 Å². The minimum absolute atomic E-state index is 0.195. The lowest BCUT2D eigenvalue weighted by Gasteiger charge is -2.14. The summed E-state index contributed by atoms with van der Waals surface area (Å²) in [7, 11) is 1.72. The van der Waals surface area contributed by atoms with Crippen LogP contribution in [0.1, 0.15) is 12.8 Å². The summed E-state index contributed by atoms with van der Waals surface area (Å²) in [6.07, 6.45) is 1.75. The number of ether oxygens (including phenoxy) is 2. The molecule has 1 fully saturated rings. The minimum atomic E-state index is -0.334. The van der Waals surface area contributed by atoms with Gasteiger partial charge in [-0.25, -0.2) is 0 Å². The van der Waals surface area contributed by atoms with E-state index in [0.29, 0.717) is 19.6 Å². The maximum absolute atomic E-state index is 10.8. The third-order valence-electron chi connectivity index (χ3n) is 2.34. The van der Waals surface area contributed by atoms with Gasteiger partial charge in [-0.05, 0) is 19.9 Å². The number of hydrogen-bond acceptors (Lipinski definition) is 4. The van der Waals surface area contributed by atoms with Crippen molar-refractivity contribution in [3.63, 3.8) is 0 Å². The van der Waals surface area contributed by atoms with Crippen molar-refractivity contribution >= 4 is 5.91 Å². The number of carbonyl (C=O) groups is 1. The highest BCUT2D eigenvalue weighted by Gasteiger charge is 2.17. The molecule has 1 saturated heterocycles. The molecule has 0 radical (unpaired) electrons. The number of nitrogens with two attached hydrogens (primary N) is 1. The van der Waals surface area contributed by atoms with Gasteiger partial charge in [0, 0.05) is 13.2 Å². The van der Waals surface area contributed by atoms with Gasteiger partial charge in [-0.2, -0.15) is 0 Å². The van der Waals surface area contributed by atoms with Gasteiger partial charge >= 0.3 is 0 Å². The van der Waals surface area contributed by atoms with Crippen molar-refractivity contribution in [1.29, 1.82) is 0 Å². The summed E-state index contributed by atoms with van der Waals surface area (Å²) in [6.45, 7) is 1.99. The predicted molar refractivity (Wildman–Crippen MR) is 51.8 cm³/mol. The monoisotopic (exact) mass is 202 g/mol. The van der Waals surface area contributed by atoms with E-state index in [0.717, 1.165) is 13.0 Å². The minimum Gasteiger partial charge on any atom is -0.379 e. The third-order valence-corrected chi connectivity index (χ3v) is 2.34. The van der Waals surface area contributed by atoms with Crippen LogP contribution in [0.2, 0.25) is 0 Å². The summed E-state index contributed by atoms with van der Waals surface area (Å²) in [4.78, 5) is 10.8. The Balaban J connectivity index is 2.09. The number of carbonyl (C=O) groups excluding carboxylic acids is 1. The van der Waals surface area contributed by atoms with E-state index in [9.17, 15) is 4.79 Å². The fourth-order valence-corrected chi connectivity index (χ4v) is 1.43. The van der Waals surface area contributed by atoms with E-state index in [1.54, 1.807) is 7.05 Å². The van der Waals surface area contributed by atoms with Crippen molar-refractivity contribution in [2.45, 2.75) is 25.0 Å². The molecular weight excluding hydrogens is 184 g/mol. The topological polar surface area (TPSA) is 73.6 Å². The summed E-state index contributed by atoms with van der Waals surface area (Å²) < 4.78 is 10.7. The van der Waals surface area contributed by atoms with Crippen LogP contribution >= 0.6 is 0 Å². The largest absolute Gasteiger partial charge is 0.379 e. The van der Waals surface area contributed by atoms with Crippen molar-refractivity contribution in [2.75, 3.05) is 26.9 Å². The number of likely N-dealkylation sites (N-methyl/N-ethyl adjacent to an activating group) is 1. The van der Waals surface area contributed by atoms with E-state index in [4.69, 9.17) is 15.2 Å². The molecule has 5 nitrogen and oxygen atoms in total. The van der Waals surface area contributed by atoms with Gasteiger partial charge in [0.25, 0.3) is 0 Å². The van der Waals surface area contributed by atoms with E-state index in [1.807, 2.05) is 0 Å². The molecule has 82 valence electrons. The van der Waals surface area contributed by atoms with Crippen LogP contribution in [-0.4, -0.2) is 44.9 Å². The maximum Gasteiger partial charge on any atom is 0.234 e. The summed E-state index contributed by atoms with van der Waals surface area (Å²) in [5, 5.41) is 2.84. The Morgan fingerprint density at radius 2 is 2.57 bits per heavy atom. The molecule has 3 N–H and O–H groups in total.